The smallest absolute Gasteiger partial charge is 0.0715 e. The second kappa shape index (κ2) is 15.0. The van der Waals surface area contributed by atoms with Gasteiger partial charge < -0.3 is 10.0 Å². The van der Waals surface area contributed by atoms with E-state index in [2.05, 4.69) is 41.2 Å². The molecule has 3 fully saturated rings. The molecule has 1 N–H and O–H groups in total. The van der Waals surface area contributed by atoms with Crippen LogP contribution in [0.15, 0.2) is 71.6 Å². The van der Waals surface area contributed by atoms with Crippen LogP contribution >= 0.6 is 0 Å². The monoisotopic (exact) mass is 787 g/mol. The molecule has 7 nitrogen and oxygen atoms in total. The van der Waals surface area contributed by atoms with E-state index in [0.717, 1.165) is 54.8 Å². The third kappa shape index (κ3) is 7.60. The Balaban J connectivity index is 1.28. The standard InChI is InChI=1S/C39H54IN3O4S/c1-5-7-18-39(19-8-6-2)28-48(45,46)36-17-16-33(41(3)4)25-35(36)37(38(39)44)32-10-9-11-34(24-32)47-27-31-14-12-30(13-15-31)26-43-22-20-42(21-23-43)40-29-43/h9-17,24-25,37-38,44H,5-8,18-23,26-29H2,1-4H3/t37-,38-/m1/s1. The number of benzene rings is 3. The van der Waals surface area contributed by atoms with E-state index in [1.54, 1.807) is 6.07 Å². The molecule has 0 saturated carbocycles. The van der Waals surface area contributed by atoms with Crippen LogP contribution in [0.25, 0.3) is 0 Å². The first kappa shape index (κ1) is 35.6. The Kier molecular flexibility index (Phi) is 11.1. The minimum atomic E-state index is -3.65. The fourth-order valence-electron chi connectivity index (χ4n) is 7.98. The zero-order valence-corrected chi connectivity index (χ0v) is 32.2. The summed E-state index contributed by atoms with van der Waals surface area (Å²) in [5, 5.41) is 12.5. The molecule has 0 amide bonds. The van der Waals surface area contributed by atoms with Crippen LogP contribution < -0.4 is 31.1 Å². The largest absolute Gasteiger partial charge is 0.392 e. The third-order valence-electron chi connectivity index (χ3n) is 10.9. The predicted octanol–water partition coefficient (Wildman–Crippen LogP) is 3.59. The summed E-state index contributed by atoms with van der Waals surface area (Å²) in [5.41, 5.74) is 4.28. The van der Waals surface area contributed by atoms with Gasteiger partial charge in [-0.1, -0.05) is 45.6 Å². The van der Waals surface area contributed by atoms with E-state index in [-0.39, 0.29) is 27.2 Å². The van der Waals surface area contributed by atoms with E-state index < -0.39 is 27.3 Å². The van der Waals surface area contributed by atoms with E-state index in [1.807, 2.05) is 55.4 Å². The Bertz CT molecular complexity index is 1630. The topological polar surface area (TPSA) is 70.1 Å². The average molecular weight is 788 g/mol. The number of rotatable bonds is 13. The molecule has 3 aromatic rings. The molecule has 9 heteroatoms. The number of fused-ring (bicyclic) bond motifs is 4. The first-order chi connectivity index (χ1) is 23.1. The number of aliphatic hydroxyl groups excluding tert-OH is 1. The van der Waals surface area contributed by atoms with Gasteiger partial charge in [0.05, 0.1) is 16.8 Å². The molecule has 0 unspecified atom stereocenters. The van der Waals surface area contributed by atoms with Gasteiger partial charge in [0.2, 0.25) is 0 Å². The Labute approximate surface area is 299 Å². The molecule has 0 spiro atoms. The summed E-state index contributed by atoms with van der Waals surface area (Å²) in [4.78, 5) is 2.34. The number of alkyl halides is 1. The van der Waals surface area contributed by atoms with E-state index in [9.17, 15) is 13.5 Å². The fraction of sp³-hybridized carbons (Fsp3) is 0.538. The molecule has 0 aromatic heterocycles. The molecule has 0 aliphatic carbocycles. The number of quaternary nitrogens is 1. The minimum Gasteiger partial charge on any atom is -0.392 e. The molecule has 262 valence electrons. The maximum Gasteiger partial charge on any atom is 0.0715 e. The summed E-state index contributed by atoms with van der Waals surface area (Å²) >= 11 is 0.201. The van der Waals surface area contributed by atoms with Gasteiger partial charge in [-0.15, -0.1) is 0 Å². The van der Waals surface area contributed by atoms with Crippen LogP contribution in [-0.4, -0.2) is 77.8 Å². The first-order valence-corrected chi connectivity index (χ1v) is 21.9. The zero-order chi connectivity index (χ0) is 33.9. The van der Waals surface area contributed by atoms with Gasteiger partial charge in [0.1, 0.15) is 0 Å². The molecular weight excluding hydrogens is 733 g/mol. The molecule has 3 saturated heterocycles. The van der Waals surface area contributed by atoms with Crippen molar-refractivity contribution in [3.8, 4) is 5.75 Å². The normalized spacial score (nSPS) is 25.8. The Morgan fingerprint density at radius 1 is 0.958 bits per heavy atom. The number of sulfone groups is 1. The molecular formula is C39H54IN3O4S. The van der Waals surface area contributed by atoms with Gasteiger partial charge >= 0.3 is 143 Å². The minimum absolute atomic E-state index is 0.0296. The van der Waals surface area contributed by atoms with Crippen molar-refractivity contribution in [2.24, 2.45) is 5.41 Å². The first-order valence-electron chi connectivity index (χ1n) is 17.8. The van der Waals surface area contributed by atoms with Gasteiger partial charge in [-0.3, -0.25) is 0 Å². The van der Waals surface area contributed by atoms with Gasteiger partial charge in [-0.05, 0) is 36.6 Å². The number of hydrogen-bond acceptors (Lipinski definition) is 6. The molecule has 4 aliphatic rings. The summed E-state index contributed by atoms with van der Waals surface area (Å²) in [5.74, 6) is 0.195. The van der Waals surface area contributed by atoms with Crippen molar-refractivity contribution in [3.63, 3.8) is 0 Å². The number of hydrogen-bond donors (Lipinski definition) is 1. The zero-order valence-electron chi connectivity index (χ0n) is 29.2. The number of piperazine rings is 1. The van der Waals surface area contributed by atoms with Gasteiger partial charge in [-0.2, -0.15) is 0 Å². The quantitative estimate of drug-likeness (QED) is 0.0941. The van der Waals surface area contributed by atoms with Gasteiger partial charge in [0, 0.05) is 31.1 Å². The molecule has 48 heavy (non-hydrogen) atoms. The van der Waals surface area contributed by atoms with Gasteiger partial charge in [-0.25, -0.2) is 8.42 Å². The average Bonchev–Trinajstić information content (AvgIpc) is 3.16. The second-order valence-electron chi connectivity index (χ2n) is 14.6. The van der Waals surface area contributed by atoms with Crippen molar-refractivity contribution in [2.75, 3.05) is 55.5 Å². The van der Waals surface area contributed by atoms with Crippen molar-refractivity contribution >= 4 is 15.5 Å². The van der Waals surface area contributed by atoms with Crippen LogP contribution in [0.1, 0.15) is 80.5 Å². The Morgan fingerprint density at radius 2 is 1.65 bits per heavy atom. The van der Waals surface area contributed by atoms with E-state index in [1.165, 1.54) is 40.8 Å². The molecule has 2 bridgehead atoms. The van der Waals surface area contributed by atoms with E-state index >= 15 is 0 Å². The van der Waals surface area contributed by atoms with Crippen molar-refractivity contribution < 1.29 is 44.2 Å². The maximum absolute atomic E-state index is 14.2. The summed E-state index contributed by atoms with van der Waals surface area (Å²) in [6.45, 7) is 10.9. The number of unbranched alkanes of at least 4 members (excludes halogenated alkanes) is 2. The summed E-state index contributed by atoms with van der Waals surface area (Å²) in [7, 11) is 0.278. The molecule has 7 rings (SSSR count). The van der Waals surface area contributed by atoms with Crippen LogP contribution in [0.4, 0.5) is 5.69 Å². The summed E-state index contributed by atoms with van der Waals surface area (Å²) in [6.07, 6.45) is 4.17. The van der Waals surface area contributed by atoms with E-state index in [0.29, 0.717) is 29.9 Å². The second-order valence-corrected chi connectivity index (χ2v) is 19.3. The number of aliphatic hydroxyl groups is 1. The number of anilines is 1. The van der Waals surface area contributed by atoms with Gasteiger partial charge in [0.15, 0.2) is 9.84 Å². The summed E-state index contributed by atoms with van der Waals surface area (Å²) < 4.78 is 40.1. The van der Waals surface area contributed by atoms with Crippen LogP contribution in [0, 0.1) is 5.41 Å². The van der Waals surface area contributed by atoms with Crippen molar-refractivity contribution in [1.29, 1.82) is 0 Å². The van der Waals surface area contributed by atoms with Crippen LogP contribution in [0.5, 0.6) is 5.75 Å². The van der Waals surface area contributed by atoms with Crippen molar-refractivity contribution in [1.82, 2.24) is 3.11 Å². The predicted molar refractivity (Wildman–Crippen MR) is 190 cm³/mol. The van der Waals surface area contributed by atoms with Crippen molar-refractivity contribution in [3.05, 3.63) is 89.0 Å². The molecule has 4 heterocycles. The number of nitrogens with zero attached hydrogens (tertiary/aromatic N) is 3. The Morgan fingerprint density at radius 3 is 2.27 bits per heavy atom. The van der Waals surface area contributed by atoms with Crippen molar-refractivity contribution in [2.45, 2.75) is 82.4 Å². The third-order valence-corrected chi connectivity index (χ3v) is 16.6. The SMILES string of the molecule is CCCCC1(CCCC)CS(=O)(=O)c2ccc(N(C)C)cc2[C@@H](c2cccc(OCc3ccc(C[N+]45CCN(CC4)[I-]C5)cc3)c2)[C@H]1O. The van der Waals surface area contributed by atoms with E-state index in [4.69, 9.17) is 4.74 Å². The van der Waals surface area contributed by atoms with Crippen LogP contribution in [0.2, 0.25) is 0 Å². The molecule has 4 aliphatic heterocycles. The number of halogens is 1. The number of ether oxygens (including phenoxy) is 1. The summed E-state index contributed by atoms with van der Waals surface area (Å²) in [6, 6.07) is 22.5. The molecule has 3 aromatic carbocycles. The molecule has 0 radical (unpaired) electrons. The Hall–Kier alpha value is -2.18. The maximum atomic E-state index is 14.2. The van der Waals surface area contributed by atoms with Crippen LogP contribution in [-0.2, 0) is 23.0 Å². The van der Waals surface area contributed by atoms with Crippen LogP contribution in [0.3, 0.4) is 0 Å². The molecule has 2 atom stereocenters. The fourth-order valence-corrected chi connectivity index (χ4v) is 13.3. The van der Waals surface area contributed by atoms with Gasteiger partial charge in [0.25, 0.3) is 0 Å².